The second-order valence-electron chi connectivity index (χ2n) is 2.10. The van der Waals surface area contributed by atoms with Crippen LogP contribution in [0, 0.1) is 11.8 Å². The highest BCUT2D eigenvalue weighted by Gasteiger charge is 1.97. The third-order valence-corrected chi connectivity index (χ3v) is 1.36. The molecule has 0 aliphatic rings. The van der Waals surface area contributed by atoms with Crippen LogP contribution in [-0.4, -0.2) is 33.9 Å². The van der Waals surface area contributed by atoms with Crippen LogP contribution in [0.5, 0.6) is 0 Å². The van der Waals surface area contributed by atoms with Crippen molar-refractivity contribution in [3.63, 3.8) is 0 Å². The van der Waals surface area contributed by atoms with E-state index < -0.39 is 16.1 Å². The van der Waals surface area contributed by atoms with Crippen LogP contribution < -0.4 is 0 Å². The first-order valence-corrected chi connectivity index (χ1v) is 5.17. The Hall–Kier alpha value is -1.06. The molecule has 0 saturated carbocycles. The van der Waals surface area contributed by atoms with Gasteiger partial charge in [0.25, 0.3) is 10.1 Å². The van der Waals surface area contributed by atoms with Crippen LogP contribution in [0.25, 0.3) is 0 Å². The molecule has 0 atom stereocenters. The van der Waals surface area contributed by atoms with Crippen LogP contribution in [0.1, 0.15) is 6.92 Å². The predicted octanol–water partition coefficient (Wildman–Crippen LogP) is -0.471. The molecule has 74 valence electrons. The van der Waals surface area contributed by atoms with Gasteiger partial charge in [-0.25, -0.2) is 0 Å². The van der Waals surface area contributed by atoms with Crippen LogP contribution in [0.2, 0.25) is 0 Å². The van der Waals surface area contributed by atoms with Crippen molar-refractivity contribution >= 4 is 16.1 Å². The van der Waals surface area contributed by atoms with Crippen molar-refractivity contribution < 1.29 is 22.1 Å². The van der Waals surface area contributed by atoms with Gasteiger partial charge in [0.15, 0.2) is 6.61 Å². The Morgan fingerprint density at radius 1 is 1.31 bits per heavy atom. The molecule has 6 heteroatoms. The summed E-state index contributed by atoms with van der Waals surface area (Å²) >= 11 is 0. The molecule has 0 radical (unpaired) electrons. The summed E-state index contributed by atoms with van der Waals surface area (Å²) in [5.74, 6) is 4.34. The Bertz CT molecular complexity index is 319. The molecule has 0 N–H and O–H groups in total. The molecule has 5 nitrogen and oxygen atoms in total. The Morgan fingerprint density at radius 3 is 2.31 bits per heavy atom. The zero-order valence-corrected chi connectivity index (χ0v) is 8.18. The molecule has 0 aliphatic carbocycles. The molecular weight excluding hydrogens is 196 g/mol. The van der Waals surface area contributed by atoms with Gasteiger partial charge in [0, 0.05) is 6.92 Å². The number of carbonyl (C=O) groups is 1. The van der Waals surface area contributed by atoms with Crippen molar-refractivity contribution in [2.24, 2.45) is 0 Å². The minimum atomic E-state index is -3.44. The smallest absolute Gasteiger partial charge is 0.303 e. The largest absolute Gasteiger partial charge is 0.453 e. The van der Waals surface area contributed by atoms with Crippen molar-refractivity contribution in [1.82, 2.24) is 0 Å². The van der Waals surface area contributed by atoms with Gasteiger partial charge >= 0.3 is 5.97 Å². The number of hydrogen-bond donors (Lipinski definition) is 0. The fourth-order valence-corrected chi connectivity index (χ4v) is 0.649. The van der Waals surface area contributed by atoms with E-state index in [1.165, 1.54) is 6.92 Å². The van der Waals surface area contributed by atoms with Gasteiger partial charge in [-0.1, -0.05) is 11.8 Å². The molecule has 0 fully saturated rings. The van der Waals surface area contributed by atoms with E-state index in [0.29, 0.717) is 0 Å². The van der Waals surface area contributed by atoms with Gasteiger partial charge in [-0.15, -0.1) is 0 Å². The van der Waals surface area contributed by atoms with E-state index in [9.17, 15) is 13.2 Å². The average Bonchev–Trinajstić information content (AvgIpc) is 1.93. The molecule has 13 heavy (non-hydrogen) atoms. The fraction of sp³-hybridized carbons (Fsp3) is 0.571. The number of ether oxygens (including phenoxy) is 1. The molecular formula is C7H10O5S. The Kier molecular flexibility index (Phi) is 5.11. The molecule has 0 aromatic heterocycles. The maximum Gasteiger partial charge on any atom is 0.303 e. The summed E-state index contributed by atoms with van der Waals surface area (Å²) in [6, 6.07) is 0. The van der Waals surface area contributed by atoms with E-state index in [4.69, 9.17) is 0 Å². The van der Waals surface area contributed by atoms with E-state index in [-0.39, 0.29) is 13.2 Å². The van der Waals surface area contributed by atoms with E-state index in [1.807, 2.05) is 0 Å². The SMILES string of the molecule is CC(=O)OCC#CCOS(C)(=O)=O. The molecule has 0 aliphatic heterocycles. The van der Waals surface area contributed by atoms with Gasteiger partial charge in [-0.3, -0.25) is 8.98 Å². The number of hydrogen-bond acceptors (Lipinski definition) is 5. The fourth-order valence-electron chi connectivity index (χ4n) is 0.376. The standard InChI is InChI=1S/C7H10O5S/c1-7(8)11-5-3-4-6-12-13(2,9)10/h5-6H2,1-2H3. The first kappa shape index (κ1) is 11.9. The van der Waals surface area contributed by atoms with Gasteiger partial charge in [0.2, 0.25) is 0 Å². The molecule has 0 aromatic rings. The van der Waals surface area contributed by atoms with Crippen LogP contribution in [-0.2, 0) is 23.8 Å². The van der Waals surface area contributed by atoms with Crippen LogP contribution in [0.4, 0.5) is 0 Å². The maximum absolute atomic E-state index is 10.4. The van der Waals surface area contributed by atoms with E-state index >= 15 is 0 Å². The van der Waals surface area contributed by atoms with E-state index in [2.05, 4.69) is 20.8 Å². The molecule has 0 aromatic carbocycles. The quantitative estimate of drug-likeness (QED) is 0.354. The van der Waals surface area contributed by atoms with Gasteiger partial charge in [0.05, 0.1) is 6.26 Å². The first-order chi connectivity index (χ1) is 5.92. The first-order valence-electron chi connectivity index (χ1n) is 3.35. The highest BCUT2D eigenvalue weighted by atomic mass is 32.2. The Labute approximate surface area is 77.2 Å². The summed E-state index contributed by atoms with van der Waals surface area (Å²) in [4.78, 5) is 10.2. The monoisotopic (exact) mass is 206 g/mol. The average molecular weight is 206 g/mol. The third kappa shape index (κ3) is 10.9. The lowest BCUT2D eigenvalue weighted by molar-refractivity contribution is -0.139. The summed E-state index contributed by atoms with van der Waals surface area (Å²) in [5, 5.41) is 0. The lowest BCUT2D eigenvalue weighted by atomic mass is 10.6. The van der Waals surface area contributed by atoms with Gasteiger partial charge in [0.1, 0.15) is 6.61 Å². The minimum absolute atomic E-state index is 0.0531. The van der Waals surface area contributed by atoms with E-state index in [1.54, 1.807) is 0 Å². The Morgan fingerprint density at radius 2 is 1.85 bits per heavy atom. The topological polar surface area (TPSA) is 69.7 Å². The van der Waals surface area contributed by atoms with Crippen molar-refractivity contribution in [3.05, 3.63) is 0 Å². The lowest BCUT2D eigenvalue weighted by Crippen LogP contribution is -2.03. The maximum atomic E-state index is 10.4. The number of rotatable bonds is 3. The summed E-state index contributed by atoms with van der Waals surface area (Å²) in [5.41, 5.74) is 0. The number of carbonyl (C=O) groups excluding carboxylic acids is 1. The van der Waals surface area contributed by atoms with Gasteiger partial charge in [-0.05, 0) is 0 Å². The second-order valence-corrected chi connectivity index (χ2v) is 3.74. The number of esters is 1. The predicted molar refractivity (Wildman–Crippen MR) is 45.2 cm³/mol. The van der Waals surface area contributed by atoms with Crippen molar-refractivity contribution in [1.29, 1.82) is 0 Å². The minimum Gasteiger partial charge on any atom is -0.453 e. The lowest BCUT2D eigenvalue weighted by Gasteiger charge is -1.93. The zero-order chi connectivity index (χ0) is 10.3. The summed E-state index contributed by atoms with van der Waals surface area (Å²) < 4.78 is 29.5. The molecule has 0 amide bonds. The van der Waals surface area contributed by atoms with Crippen molar-refractivity contribution in [2.45, 2.75) is 6.92 Å². The highest BCUT2D eigenvalue weighted by molar-refractivity contribution is 7.85. The van der Waals surface area contributed by atoms with Crippen molar-refractivity contribution in [3.8, 4) is 11.8 Å². The van der Waals surface area contributed by atoms with Crippen molar-refractivity contribution in [2.75, 3.05) is 19.5 Å². The summed E-state index contributed by atoms with van der Waals surface area (Å²) in [6.45, 7) is 0.983. The van der Waals surface area contributed by atoms with Crippen LogP contribution >= 0.6 is 0 Å². The molecule has 0 unspecified atom stereocenters. The van der Waals surface area contributed by atoms with Crippen LogP contribution in [0.15, 0.2) is 0 Å². The normalized spacial score (nSPS) is 10.0. The third-order valence-electron chi connectivity index (χ3n) is 0.818. The van der Waals surface area contributed by atoms with Gasteiger partial charge in [-0.2, -0.15) is 8.42 Å². The molecule has 0 rings (SSSR count). The second kappa shape index (κ2) is 5.56. The highest BCUT2D eigenvalue weighted by Crippen LogP contribution is 1.83. The molecule has 0 heterocycles. The van der Waals surface area contributed by atoms with Crippen LogP contribution in [0.3, 0.4) is 0 Å². The Balaban J connectivity index is 3.58. The summed E-state index contributed by atoms with van der Waals surface area (Å²) in [7, 11) is -3.44. The van der Waals surface area contributed by atoms with E-state index in [0.717, 1.165) is 6.26 Å². The molecule has 0 saturated heterocycles. The zero-order valence-electron chi connectivity index (χ0n) is 7.36. The summed E-state index contributed by atoms with van der Waals surface area (Å²) in [6.07, 6.45) is 0.931. The molecule has 0 bridgehead atoms. The van der Waals surface area contributed by atoms with Gasteiger partial charge < -0.3 is 4.74 Å². The molecule has 0 spiro atoms.